The smallest absolute Gasteiger partial charge is 0.423 e. The zero-order chi connectivity index (χ0) is 26.9. The van der Waals surface area contributed by atoms with Gasteiger partial charge in [-0.25, -0.2) is 9.18 Å². The van der Waals surface area contributed by atoms with Crippen molar-refractivity contribution in [3.63, 3.8) is 0 Å². The fourth-order valence-corrected chi connectivity index (χ4v) is 3.47. The molecule has 0 aliphatic rings. The van der Waals surface area contributed by atoms with E-state index in [4.69, 9.17) is 4.74 Å². The molecular weight excluding hydrogens is 495 g/mol. The van der Waals surface area contributed by atoms with Crippen molar-refractivity contribution in [2.45, 2.75) is 31.9 Å². The van der Waals surface area contributed by atoms with Crippen molar-refractivity contribution >= 4 is 17.6 Å². The standard InChI is InChI=1S/C25H18F7NO3/c1-14-11-18(23(26,24(27,28)29)25(30,31)32)12-15(2)20(14)33-21(34)17-9-6-10-19(13-17)36-22(35)16-7-4-3-5-8-16/h3-13H,1-2H3,(H,33,34). The van der Waals surface area contributed by atoms with Gasteiger partial charge in [0.15, 0.2) is 0 Å². The number of alkyl halides is 7. The number of hydrogen-bond donors (Lipinski definition) is 1. The molecule has 0 aliphatic carbocycles. The number of halogens is 7. The quantitative estimate of drug-likeness (QED) is 0.226. The molecule has 1 amide bonds. The molecule has 11 heteroatoms. The summed E-state index contributed by atoms with van der Waals surface area (Å²) in [6.07, 6.45) is -12.5. The highest BCUT2D eigenvalue weighted by Crippen LogP contribution is 2.53. The number of rotatable bonds is 5. The van der Waals surface area contributed by atoms with Gasteiger partial charge in [-0.05, 0) is 55.3 Å². The summed E-state index contributed by atoms with van der Waals surface area (Å²) in [4.78, 5) is 25.0. The summed E-state index contributed by atoms with van der Waals surface area (Å²) < 4.78 is 98.4. The first-order valence-electron chi connectivity index (χ1n) is 10.3. The Bertz CT molecular complexity index is 1250. The van der Waals surface area contributed by atoms with Gasteiger partial charge in [-0.15, -0.1) is 0 Å². The monoisotopic (exact) mass is 513 g/mol. The lowest BCUT2D eigenvalue weighted by Crippen LogP contribution is -2.50. The van der Waals surface area contributed by atoms with Gasteiger partial charge in [0.2, 0.25) is 0 Å². The number of aryl methyl sites for hydroxylation is 2. The minimum atomic E-state index is -6.26. The fourth-order valence-electron chi connectivity index (χ4n) is 3.47. The summed E-state index contributed by atoms with van der Waals surface area (Å²) in [7, 11) is 0. The molecule has 190 valence electrons. The van der Waals surface area contributed by atoms with E-state index in [0.717, 1.165) is 13.8 Å². The molecule has 3 rings (SSSR count). The number of carbonyl (C=O) groups is 2. The van der Waals surface area contributed by atoms with Crippen LogP contribution in [0.5, 0.6) is 5.75 Å². The van der Waals surface area contributed by atoms with Crippen molar-refractivity contribution in [1.82, 2.24) is 0 Å². The van der Waals surface area contributed by atoms with E-state index in [2.05, 4.69) is 5.32 Å². The molecule has 0 atom stereocenters. The summed E-state index contributed by atoms with van der Waals surface area (Å²) in [5.74, 6) is -1.44. The minimum Gasteiger partial charge on any atom is -0.423 e. The van der Waals surface area contributed by atoms with Crippen LogP contribution in [0.4, 0.5) is 36.4 Å². The second-order valence-corrected chi connectivity index (χ2v) is 7.88. The van der Waals surface area contributed by atoms with Gasteiger partial charge in [-0.1, -0.05) is 36.4 Å². The van der Waals surface area contributed by atoms with Crippen LogP contribution >= 0.6 is 0 Å². The van der Waals surface area contributed by atoms with Crippen LogP contribution in [0.1, 0.15) is 37.4 Å². The molecule has 0 saturated heterocycles. The number of nitrogens with one attached hydrogen (secondary N) is 1. The number of hydrogen-bond acceptors (Lipinski definition) is 3. The van der Waals surface area contributed by atoms with Crippen LogP contribution in [0.25, 0.3) is 0 Å². The topological polar surface area (TPSA) is 55.4 Å². The van der Waals surface area contributed by atoms with Crippen LogP contribution in [0.3, 0.4) is 0 Å². The molecule has 0 aliphatic heterocycles. The van der Waals surface area contributed by atoms with E-state index in [1.807, 2.05) is 0 Å². The predicted molar refractivity (Wildman–Crippen MR) is 117 cm³/mol. The van der Waals surface area contributed by atoms with Crippen molar-refractivity contribution in [1.29, 1.82) is 0 Å². The first kappa shape index (κ1) is 26.7. The molecule has 0 bridgehead atoms. The summed E-state index contributed by atoms with van der Waals surface area (Å²) >= 11 is 0. The van der Waals surface area contributed by atoms with Crippen molar-refractivity contribution < 1.29 is 45.1 Å². The zero-order valence-electron chi connectivity index (χ0n) is 18.7. The maximum absolute atomic E-state index is 14.4. The van der Waals surface area contributed by atoms with Crippen LogP contribution in [0.2, 0.25) is 0 Å². The van der Waals surface area contributed by atoms with Crippen molar-refractivity contribution in [2.75, 3.05) is 5.32 Å². The second-order valence-electron chi connectivity index (χ2n) is 7.88. The Morgan fingerprint density at radius 3 is 1.78 bits per heavy atom. The van der Waals surface area contributed by atoms with Gasteiger partial charge in [-0.2, -0.15) is 26.3 Å². The highest BCUT2D eigenvalue weighted by molar-refractivity contribution is 6.05. The number of amides is 1. The Kier molecular flexibility index (Phi) is 7.15. The normalized spacial score (nSPS) is 12.2. The van der Waals surface area contributed by atoms with E-state index in [0.29, 0.717) is 12.1 Å². The maximum atomic E-state index is 14.4. The van der Waals surface area contributed by atoms with Gasteiger partial charge in [0.25, 0.3) is 5.91 Å². The highest BCUT2D eigenvalue weighted by Gasteiger charge is 2.73. The maximum Gasteiger partial charge on any atom is 0.435 e. The Morgan fingerprint density at radius 1 is 0.722 bits per heavy atom. The lowest BCUT2D eigenvalue weighted by atomic mass is 9.90. The largest absolute Gasteiger partial charge is 0.435 e. The van der Waals surface area contributed by atoms with Crippen molar-refractivity contribution in [3.05, 3.63) is 94.5 Å². The van der Waals surface area contributed by atoms with E-state index in [-0.39, 0.29) is 33.7 Å². The average molecular weight is 513 g/mol. The van der Waals surface area contributed by atoms with Crippen LogP contribution in [-0.2, 0) is 5.67 Å². The van der Waals surface area contributed by atoms with E-state index in [9.17, 15) is 40.3 Å². The lowest BCUT2D eigenvalue weighted by Gasteiger charge is -2.31. The average Bonchev–Trinajstić information content (AvgIpc) is 2.79. The molecule has 36 heavy (non-hydrogen) atoms. The zero-order valence-corrected chi connectivity index (χ0v) is 18.7. The summed E-state index contributed by atoms with van der Waals surface area (Å²) in [5, 5.41) is 2.40. The fraction of sp³-hybridized carbons (Fsp3) is 0.200. The third-order valence-corrected chi connectivity index (χ3v) is 5.27. The number of anilines is 1. The van der Waals surface area contributed by atoms with Gasteiger partial charge in [0.05, 0.1) is 5.56 Å². The molecular formula is C25H18F7NO3. The molecule has 0 spiro atoms. The molecule has 0 aromatic heterocycles. The highest BCUT2D eigenvalue weighted by atomic mass is 19.4. The summed E-state index contributed by atoms with van der Waals surface area (Å²) in [6, 6.07) is 14.2. The molecule has 0 radical (unpaired) electrons. The lowest BCUT2D eigenvalue weighted by molar-refractivity contribution is -0.348. The molecule has 0 saturated carbocycles. The van der Waals surface area contributed by atoms with Gasteiger partial charge in [-0.3, -0.25) is 4.79 Å². The summed E-state index contributed by atoms with van der Waals surface area (Å²) in [5.41, 5.74) is -7.52. The second kappa shape index (κ2) is 9.63. The van der Waals surface area contributed by atoms with Gasteiger partial charge < -0.3 is 10.1 Å². The van der Waals surface area contributed by atoms with Gasteiger partial charge in [0, 0.05) is 16.8 Å². The molecule has 3 aromatic rings. The first-order valence-corrected chi connectivity index (χ1v) is 10.3. The minimum absolute atomic E-state index is 0.0124. The molecule has 4 nitrogen and oxygen atoms in total. The summed E-state index contributed by atoms with van der Waals surface area (Å²) in [6.45, 7) is 2.27. The van der Waals surface area contributed by atoms with Crippen LogP contribution < -0.4 is 10.1 Å². The number of ether oxygens (including phenoxy) is 1. The van der Waals surface area contributed by atoms with Crippen molar-refractivity contribution in [3.8, 4) is 5.75 Å². The van der Waals surface area contributed by atoms with Crippen LogP contribution in [0.15, 0.2) is 66.7 Å². The Hall–Kier alpha value is -3.89. The van der Waals surface area contributed by atoms with E-state index < -0.39 is 35.5 Å². The molecule has 3 aromatic carbocycles. The number of esters is 1. The number of carbonyl (C=O) groups excluding carboxylic acids is 2. The molecule has 0 unspecified atom stereocenters. The Balaban J connectivity index is 1.87. The van der Waals surface area contributed by atoms with Gasteiger partial charge in [0.1, 0.15) is 5.75 Å². The molecule has 1 N–H and O–H groups in total. The third-order valence-electron chi connectivity index (χ3n) is 5.27. The predicted octanol–water partition coefficient (Wildman–Crippen LogP) is 7.06. The SMILES string of the molecule is Cc1cc(C(F)(C(F)(F)F)C(F)(F)F)cc(C)c1NC(=O)c1cccc(OC(=O)c2ccccc2)c1. The Morgan fingerprint density at radius 2 is 1.25 bits per heavy atom. The number of benzene rings is 3. The van der Waals surface area contributed by atoms with E-state index in [1.54, 1.807) is 18.2 Å². The van der Waals surface area contributed by atoms with Crippen molar-refractivity contribution in [2.24, 2.45) is 0 Å². The van der Waals surface area contributed by atoms with Gasteiger partial charge >= 0.3 is 24.0 Å². The first-order chi connectivity index (χ1) is 16.6. The third kappa shape index (κ3) is 5.19. The Labute approximate surface area is 200 Å². The van der Waals surface area contributed by atoms with Crippen LogP contribution in [-0.4, -0.2) is 24.2 Å². The molecule has 0 fully saturated rings. The van der Waals surface area contributed by atoms with E-state index in [1.165, 1.54) is 36.4 Å². The molecule has 0 heterocycles. The van der Waals surface area contributed by atoms with E-state index >= 15 is 0 Å². The van der Waals surface area contributed by atoms with Crippen LogP contribution in [0, 0.1) is 13.8 Å².